The Hall–Kier alpha value is -1.97. The van der Waals surface area contributed by atoms with Gasteiger partial charge in [-0.1, -0.05) is 0 Å². The minimum absolute atomic E-state index is 0.113. The third-order valence-corrected chi connectivity index (χ3v) is 4.06. The Morgan fingerprint density at radius 1 is 1.38 bits per heavy atom. The van der Waals surface area contributed by atoms with Gasteiger partial charge >= 0.3 is 11.7 Å². The molecule has 2 fully saturated rings. The van der Waals surface area contributed by atoms with Gasteiger partial charge in [0, 0.05) is 12.3 Å². The van der Waals surface area contributed by atoms with Crippen LogP contribution in [0.4, 0.5) is 0 Å². The van der Waals surface area contributed by atoms with Gasteiger partial charge in [0.2, 0.25) is 0 Å². The molecule has 24 heavy (non-hydrogen) atoms. The summed E-state index contributed by atoms with van der Waals surface area (Å²) in [6.07, 6.45) is -2.98. The molecule has 2 N–H and O–H groups in total. The summed E-state index contributed by atoms with van der Waals surface area (Å²) >= 11 is 0. The number of esters is 1. The van der Waals surface area contributed by atoms with Gasteiger partial charge in [-0.2, -0.15) is 0 Å². The van der Waals surface area contributed by atoms with Crippen LogP contribution in [-0.2, 0) is 19.0 Å². The minimum Gasteiger partial charge on any atom is -0.457 e. The molecule has 9 heteroatoms. The quantitative estimate of drug-likeness (QED) is 0.673. The number of H-pyrrole nitrogens is 1. The molecule has 1 aromatic rings. The average molecular weight is 340 g/mol. The summed E-state index contributed by atoms with van der Waals surface area (Å²) in [5.41, 5.74) is -1.92. The summed E-state index contributed by atoms with van der Waals surface area (Å²) in [6, 6.07) is 1.16. The second-order valence-electron chi connectivity index (χ2n) is 6.99. The number of ether oxygens (including phenoxy) is 3. The molecule has 2 aliphatic rings. The van der Waals surface area contributed by atoms with Gasteiger partial charge in [-0.15, -0.1) is 0 Å². The van der Waals surface area contributed by atoms with Gasteiger partial charge in [0.15, 0.2) is 12.3 Å². The maximum absolute atomic E-state index is 12.0. The number of nitrogens with zero attached hydrogens (tertiary/aromatic N) is 1. The summed E-state index contributed by atoms with van der Waals surface area (Å²) < 4.78 is 17.7. The van der Waals surface area contributed by atoms with Crippen molar-refractivity contribution in [1.82, 2.24) is 9.55 Å². The first-order chi connectivity index (χ1) is 11.2. The van der Waals surface area contributed by atoms with E-state index in [-0.39, 0.29) is 6.61 Å². The maximum Gasteiger partial charge on any atom is 0.330 e. The fourth-order valence-corrected chi connectivity index (χ4v) is 2.74. The molecule has 0 radical (unpaired) electrons. The number of aliphatic hydroxyl groups is 1. The number of carbonyl (C=O) groups is 1. The van der Waals surface area contributed by atoms with Gasteiger partial charge in [-0.3, -0.25) is 19.1 Å². The number of aromatic amines is 1. The highest BCUT2D eigenvalue weighted by molar-refractivity contribution is 5.75. The zero-order valence-electron chi connectivity index (χ0n) is 13.6. The Morgan fingerprint density at radius 3 is 2.71 bits per heavy atom. The second kappa shape index (κ2) is 5.83. The van der Waals surface area contributed by atoms with Crippen molar-refractivity contribution < 1.29 is 24.1 Å². The third kappa shape index (κ3) is 2.90. The smallest absolute Gasteiger partial charge is 0.330 e. The molecule has 3 rings (SSSR count). The molecule has 1 aromatic heterocycles. The van der Waals surface area contributed by atoms with Gasteiger partial charge in [0.25, 0.3) is 5.56 Å². The Morgan fingerprint density at radius 2 is 2.08 bits per heavy atom. The predicted molar refractivity (Wildman–Crippen MR) is 80.3 cm³/mol. The molecular formula is C15H20N2O7. The van der Waals surface area contributed by atoms with Gasteiger partial charge < -0.3 is 19.3 Å². The van der Waals surface area contributed by atoms with Gasteiger partial charge in [-0.25, -0.2) is 4.79 Å². The molecule has 0 saturated carbocycles. The molecule has 5 atom stereocenters. The molecule has 2 saturated heterocycles. The van der Waals surface area contributed by atoms with E-state index < -0.39 is 53.3 Å². The number of carbonyl (C=O) groups excluding carboxylic acids is 1. The van der Waals surface area contributed by atoms with E-state index in [2.05, 4.69) is 4.98 Å². The van der Waals surface area contributed by atoms with Crippen LogP contribution in [0.3, 0.4) is 0 Å². The molecular weight excluding hydrogens is 320 g/mol. The van der Waals surface area contributed by atoms with Crippen LogP contribution >= 0.6 is 0 Å². The predicted octanol–water partition coefficient (Wildman–Crippen LogP) is -0.848. The summed E-state index contributed by atoms with van der Waals surface area (Å²) in [5.74, 6) is -0.403. The Labute approximate surface area is 137 Å². The zero-order valence-corrected chi connectivity index (χ0v) is 13.6. The van der Waals surface area contributed by atoms with E-state index in [4.69, 9.17) is 14.2 Å². The van der Waals surface area contributed by atoms with Crippen molar-refractivity contribution in [3.63, 3.8) is 0 Å². The van der Waals surface area contributed by atoms with Gasteiger partial charge in [0.05, 0.1) is 12.0 Å². The monoisotopic (exact) mass is 340 g/mol. The third-order valence-electron chi connectivity index (χ3n) is 4.06. The molecule has 2 aliphatic heterocycles. The summed E-state index contributed by atoms with van der Waals surface area (Å²) in [5, 5.41) is 10.4. The number of rotatable bonds is 2. The first kappa shape index (κ1) is 16.9. The van der Waals surface area contributed by atoms with E-state index in [0.29, 0.717) is 0 Å². The molecule has 0 amide bonds. The van der Waals surface area contributed by atoms with Gasteiger partial charge in [-0.05, 0) is 20.8 Å². The SMILES string of the molecule is CC(C)(C)C(=O)O[C@@H]1CO[C@@H]2[C@@H](O)[C@H](n3ccc(=O)[nH]c3=O)O[C@@H]21. The van der Waals surface area contributed by atoms with Crippen molar-refractivity contribution >= 4 is 5.97 Å². The molecule has 0 aromatic carbocycles. The van der Waals surface area contributed by atoms with Crippen LogP contribution in [0.25, 0.3) is 0 Å². The van der Waals surface area contributed by atoms with Crippen LogP contribution in [0.15, 0.2) is 21.9 Å². The summed E-state index contributed by atoms with van der Waals surface area (Å²) in [7, 11) is 0. The van der Waals surface area contributed by atoms with E-state index in [1.807, 2.05) is 0 Å². The highest BCUT2D eigenvalue weighted by Crippen LogP contribution is 2.37. The van der Waals surface area contributed by atoms with Crippen molar-refractivity contribution in [2.24, 2.45) is 5.41 Å². The van der Waals surface area contributed by atoms with E-state index in [0.717, 1.165) is 10.6 Å². The number of hydrogen-bond acceptors (Lipinski definition) is 7. The number of nitrogens with one attached hydrogen (secondary N) is 1. The van der Waals surface area contributed by atoms with E-state index in [1.165, 1.54) is 6.20 Å². The fraction of sp³-hybridized carbons (Fsp3) is 0.667. The average Bonchev–Trinajstić information content (AvgIpc) is 3.00. The lowest BCUT2D eigenvalue weighted by molar-refractivity contribution is -0.166. The molecule has 0 aliphatic carbocycles. The molecule has 9 nitrogen and oxygen atoms in total. The van der Waals surface area contributed by atoms with Crippen molar-refractivity contribution in [1.29, 1.82) is 0 Å². The lowest BCUT2D eigenvalue weighted by Crippen LogP contribution is -2.37. The number of aromatic nitrogens is 2. The molecule has 0 unspecified atom stereocenters. The molecule has 3 heterocycles. The Balaban J connectivity index is 1.79. The normalized spacial score (nSPS) is 32.6. The standard InChI is InChI=1S/C15H20N2O7/c1-15(2,3)13(20)23-7-6-22-11-9(19)12(24-10(7)11)17-5-4-8(18)16-14(17)21/h4-5,7,9-12,19H,6H2,1-3H3,(H,16,18,21)/t7-,9-,10-,11-,12-/m1/s1. The first-order valence-corrected chi connectivity index (χ1v) is 7.66. The number of aliphatic hydroxyl groups excluding tert-OH is 1. The van der Waals surface area contributed by atoms with E-state index in [1.54, 1.807) is 20.8 Å². The topological polar surface area (TPSA) is 120 Å². The van der Waals surface area contributed by atoms with Gasteiger partial charge in [0.1, 0.15) is 18.3 Å². The Kier molecular flexibility index (Phi) is 4.10. The van der Waals surface area contributed by atoms with Crippen LogP contribution in [0, 0.1) is 5.41 Å². The number of hydrogen-bond donors (Lipinski definition) is 2. The molecule has 0 bridgehead atoms. The van der Waals surface area contributed by atoms with Crippen molar-refractivity contribution in [3.05, 3.63) is 33.1 Å². The largest absolute Gasteiger partial charge is 0.457 e. The lowest BCUT2D eigenvalue weighted by Gasteiger charge is -2.23. The number of fused-ring (bicyclic) bond motifs is 1. The van der Waals surface area contributed by atoms with Crippen LogP contribution in [0.5, 0.6) is 0 Å². The summed E-state index contributed by atoms with van der Waals surface area (Å²) in [4.78, 5) is 37.2. The second-order valence-corrected chi connectivity index (χ2v) is 6.99. The van der Waals surface area contributed by atoms with Crippen LogP contribution in [0.2, 0.25) is 0 Å². The van der Waals surface area contributed by atoms with Crippen molar-refractivity contribution in [2.45, 2.75) is 51.4 Å². The molecule has 0 spiro atoms. The van der Waals surface area contributed by atoms with Crippen molar-refractivity contribution in [3.8, 4) is 0 Å². The lowest BCUT2D eigenvalue weighted by atomic mass is 9.97. The van der Waals surface area contributed by atoms with Crippen molar-refractivity contribution in [2.75, 3.05) is 6.61 Å². The Bertz CT molecular complexity index is 747. The fourth-order valence-electron chi connectivity index (χ4n) is 2.74. The van der Waals surface area contributed by atoms with E-state index >= 15 is 0 Å². The summed E-state index contributed by atoms with van der Waals surface area (Å²) in [6.45, 7) is 5.31. The maximum atomic E-state index is 12.0. The highest BCUT2D eigenvalue weighted by atomic mass is 16.6. The van der Waals surface area contributed by atoms with Crippen LogP contribution in [-0.4, -0.2) is 51.6 Å². The van der Waals surface area contributed by atoms with Crippen LogP contribution in [0.1, 0.15) is 27.0 Å². The highest BCUT2D eigenvalue weighted by Gasteiger charge is 2.54. The minimum atomic E-state index is -1.13. The van der Waals surface area contributed by atoms with E-state index in [9.17, 15) is 19.5 Å². The zero-order chi connectivity index (χ0) is 17.6. The van der Waals surface area contributed by atoms with Crippen LogP contribution < -0.4 is 11.2 Å². The molecule has 132 valence electrons. The first-order valence-electron chi connectivity index (χ1n) is 7.66.